The van der Waals surface area contributed by atoms with E-state index < -0.39 is 0 Å². The molecule has 0 atom stereocenters. The fourth-order valence-corrected chi connectivity index (χ4v) is 0.793. The molecule has 0 saturated heterocycles. The van der Waals surface area contributed by atoms with Crippen LogP contribution >= 0.6 is 12.6 Å². The molecule has 1 aliphatic carbocycles. The van der Waals surface area contributed by atoms with Crippen LogP contribution in [0.25, 0.3) is 0 Å². The van der Waals surface area contributed by atoms with Gasteiger partial charge in [-0.3, -0.25) is 4.79 Å². The lowest BCUT2D eigenvalue weighted by Gasteiger charge is -1.84. The molecule has 40 valence electrons. The van der Waals surface area contributed by atoms with E-state index in [0.29, 0.717) is 17.5 Å². The molecule has 0 aromatic rings. The van der Waals surface area contributed by atoms with Crippen LogP contribution in [0.1, 0.15) is 12.8 Å². The smallest absolute Gasteiger partial charge is 0.145 e. The first-order valence-corrected chi connectivity index (χ1v) is 3.11. The third kappa shape index (κ3) is 1.20. The predicted molar refractivity (Wildman–Crippen MR) is 31.6 cm³/mol. The normalized spacial score (nSPS) is 19.6. The summed E-state index contributed by atoms with van der Waals surface area (Å²) in [6.07, 6.45) is 2.22. The quantitative estimate of drug-likeness (QED) is 0.530. The van der Waals surface area contributed by atoms with Gasteiger partial charge in [0.1, 0.15) is 5.78 Å². The molecule has 0 N–H and O–H groups in total. The van der Waals surface area contributed by atoms with Crippen molar-refractivity contribution in [3.63, 3.8) is 0 Å². The number of Topliss-reactive ketones (excluding diaryl/α,β-unsaturated/α-hetero) is 1. The van der Waals surface area contributed by atoms with Crippen LogP contribution in [0.15, 0.2) is 0 Å². The molecule has 1 nitrogen and oxygen atoms in total. The number of carbonyl (C=O) groups excluding carboxylic acids is 1. The molecular weight excluding hydrogens is 108 g/mol. The fourth-order valence-electron chi connectivity index (χ4n) is 0.534. The highest BCUT2D eigenvalue weighted by atomic mass is 32.1. The molecule has 0 aromatic carbocycles. The van der Waals surface area contributed by atoms with Gasteiger partial charge >= 0.3 is 0 Å². The zero-order chi connectivity index (χ0) is 5.28. The molecule has 1 saturated carbocycles. The van der Waals surface area contributed by atoms with Crippen LogP contribution in [0.5, 0.6) is 0 Å². The van der Waals surface area contributed by atoms with Crippen LogP contribution in [0.4, 0.5) is 0 Å². The number of carbonyl (C=O) groups is 1. The maximum atomic E-state index is 10.5. The van der Waals surface area contributed by atoms with E-state index in [1.807, 2.05) is 0 Å². The van der Waals surface area contributed by atoms with Gasteiger partial charge in [0.25, 0.3) is 0 Å². The minimum absolute atomic E-state index is 0.323. The number of rotatable bonds is 2. The monoisotopic (exact) mass is 116 g/mol. The SMILES string of the molecule is O=C(CS)C1CC1. The van der Waals surface area contributed by atoms with Crippen molar-refractivity contribution in [1.29, 1.82) is 0 Å². The largest absolute Gasteiger partial charge is 0.298 e. The van der Waals surface area contributed by atoms with E-state index in [0.717, 1.165) is 12.8 Å². The van der Waals surface area contributed by atoms with Crippen molar-refractivity contribution in [2.45, 2.75) is 12.8 Å². The summed E-state index contributed by atoms with van der Waals surface area (Å²) in [5.41, 5.74) is 0. The zero-order valence-electron chi connectivity index (χ0n) is 4.05. The Hall–Kier alpha value is 0.0200. The Kier molecular flexibility index (Phi) is 1.38. The highest BCUT2D eigenvalue weighted by Crippen LogP contribution is 2.29. The van der Waals surface area contributed by atoms with Gasteiger partial charge in [-0.25, -0.2) is 0 Å². The molecule has 7 heavy (non-hydrogen) atoms. The van der Waals surface area contributed by atoms with Crippen molar-refractivity contribution in [3.8, 4) is 0 Å². The number of hydrogen-bond acceptors (Lipinski definition) is 2. The van der Waals surface area contributed by atoms with E-state index in [-0.39, 0.29) is 0 Å². The van der Waals surface area contributed by atoms with Crippen molar-refractivity contribution in [1.82, 2.24) is 0 Å². The zero-order valence-corrected chi connectivity index (χ0v) is 4.95. The summed E-state index contributed by atoms with van der Waals surface area (Å²) < 4.78 is 0. The molecule has 0 spiro atoms. The standard InChI is InChI=1S/C5H8OS/c6-5(3-7)4-1-2-4/h4,7H,1-3H2. The maximum absolute atomic E-state index is 10.5. The van der Waals surface area contributed by atoms with Gasteiger partial charge in [-0.2, -0.15) is 12.6 Å². The minimum atomic E-state index is 0.323. The summed E-state index contributed by atoms with van der Waals surface area (Å²) in [5, 5.41) is 0. The van der Waals surface area contributed by atoms with Crippen LogP contribution in [-0.2, 0) is 4.79 Å². The van der Waals surface area contributed by atoms with Crippen molar-refractivity contribution in [2.24, 2.45) is 5.92 Å². The van der Waals surface area contributed by atoms with Gasteiger partial charge in [0.15, 0.2) is 0 Å². The molecule has 0 radical (unpaired) electrons. The minimum Gasteiger partial charge on any atom is -0.298 e. The number of hydrogen-bond donors (Lipinski definition) is 1. The summed E-state index contributed by atoms with van der Waals surface area (Å²) in [6, 6.07) is 0. The summed E-state index contributed by atoms with van der Waals surface area (Å²) in [6.45, 7) is 0. The Bertz CT molecular complexity index is 86.1. The Morgan fingerprint density at radius 1 is 1.71 bits per heavy atom. The third-order valence-corrected chi connectivity index (χ3v) is 1.50. The molecule has 1 aliphatic rings. The fraction of sp³-hybridized carbons (Fsp3) is 0.800. The van der Waals surface area contributed by atoms with Crippen LogP contribution in [0.3, 0.4) is 0 Å². The van der Waals surface area contributed by atoms with E-state index in [1.54, 1.807) is 0 Å². The van der Waals surface area contributed by atoms with Gasteiger partial charge in [-0.15, -0.1) is 0 Å². The topological polar surface area (TPSA) is 17.1 Å². The van der Waals surface area contributed by atoms with Gasteiger partial charge in [0, 0.05) is 11.7 Å². The summed E-state index contributed by atoms with van der Waals surface area (Å²) in [7, 11) is 0. The van der Waals surface area contributed by atoms with Crippen LogP contribution in [0, 0.1) is 5.92 Å². The van der Waals surface area contributed by atoms with Crippen LogP contribution in [-0.4, -0.2) is 11.5 Å². The molecule has 2 heteroatoms. The average molecular weight is 116 g/mol. The summed E-state index contributed by atoms with van der Waals surface area (Å²) >= 11 is 3.85. The van der Waals surface area contributed by atoms with Crippen molar-refractivity contribution >= 4 is 18.4 Å². The molecule has 0 amide bonds. The van der Waals surface area contributed by atoms with E-state index in [1.165, 1.54) is 0 Å². The number of thiol groups is 1. The Labute approximate surface area is 48.5 Å². The lowest BCUT2D eigenvalue weighted by atomic mass is 10.3. The van der Waals surface area contributed by atoms with E-state index >= 15 is 0 Å². The van der Waals surface area contributed by atoms with Gasteiger partial charge in [0.05, 0.1) is 0 Å². The van der Waals surface area contributed by atoms with Gasteiger partial charge in [-0.1, -0.05) is 0 Å². The molecule has 0 bridgehead atoms. The van der Waals surface area contributed by atoms with Crippen molar-refractivity contribution in [2.75, 3.05) is 5.75 Å². The lowest BCUT2D eigenvalue weighted by Crippen LogP contribution is -1.99. The van der Waals surface area contributed by atoms with E-state index in [2.05, 4.69) is 12.6 Å². The average Bonchev–Trinajstić information content (AvgIpc) is 2.44. The van der Waals surface area contributed by atoms with Crippen LogP contribution < -0.4 is 0 Å². The van der Waals surface area contributed by atoms with E-state index in [9.17, 15) is 4.79 Å². The highest BCUT2D eigenvalue weighted by molar-refractivity contribution is 7.81. The molecule has 0 heterocycles. The Morgan fingerprint density at radius 3 is 2.43 bits per heavy atom. The first-order chi connectivity index (χ1) is 3.34. The first kappa shape index (κ1) is 5.16. The Balaban J connectivity index is 2.24. The van der Waals surface area contributed by atoms with Crippen LogP contribution in [0.2, 0.25) is 0 Å². The number of ketones is 1. The third-order valence-electron chi connectivity index (χ3n) is 1.19. The van der Waals surface area contributed by atoms with Gasteiger partial charge in [-0.05, 0) is 12.8 Å². The summed E-state index contributed by atoms with van der Waals surface area (Å²) in [4.78, 5) is 10.5. The van der Waals surface area contributed by atoms with Gasteiger partial charge < -0.3 is 0 Å². The lowest BCUT2D eigenvalue weighted by molar-refractivity contribution is -0.117. The molecule has 0 unspecified atom stereocenters. The molecule has 1 rings (SSSR count). The van der Waals surface area contributed by atoms with Crippen molar-refractivity contribution in [3.05, 3.63) is 0 Å². The second kappa shape index (κ2) is 1.86. The van der Waals surface area contributed by atoms with E-state index in [4.69, 9.17) is 0 Å². The van der Waals surface area contributed by atoms with Gasteiger partial charge in [0.2, 0.25) is 0 Å². The molecule has 0 aromatic heterocycles. The summed E-state index contributed by atoms with van der Waals surface area (Å²) in [5.74, 6) is 1.16. The molecule has 1 fully saturated rings. The maximum Gasteiger partial charge on any atom is 0.145 e. The first-order valence-electron chi connectivity index (χ1n) is 2.48. The molecular formula is C5H8OS. The predicted octanol–water partition coefficient (Wildman–Crippen LogP) is 0.895. The van der Waals surface area contributed by atoms with Crippen molar-refractivity contribution < 1.29 is 4.79 Å². The molecule has 0 aliphatic heterocycles. The second-order valence-electron chi connectivity index (χ2n) is 1.90. The highest BCUT2D eigenvalue weighted by Gasteiger charge is 2.27. The second-order valence-corrected chi connectivity index (χ2v) is 2.21. The Morgan fingerprint density at radius 2 is 2.29 bits per heavy atom.